The Bertz CT molecular complexity index is 586. The predicted octanol–water partition coefficient (Wildman–Crippen LogP) is 3.37. The normalized spacial score (nSPS) is 12.3. The quantitative estimate of drug-likeness (QED) is 0.878. The molecule has 0 aliphatic rings. The zero-order chi connectivity index (χ0) is 13.1. The number of benzene rings is 2. The standard InChI is InChI=1S/C13H11ClFNOS/c14-10-2-4-11(5-3-10)18(17)8-9-1-6-13(16)12(15)7-9/h1-7H,8,16H2. The van der Waals surface area contributed by atoms with Gasteiger partial charge in [-0.1, -0.05) is 17.7 Å². The number of nitrogens with two attached hydrogens (primary N) is 1. The molecule has 2 N–H and O–H groups in total. The van der Waals surface area contributed by atoms with E-state index in [1.165, 1.54) is 12.1 Å². The fraction of sp³-hybridized carbons (Fsp3) is 0.0769. The van der Waals surface area contributed by atoms with Crippen molar-refractivity contribution in [1.82, 2.24) is 0 Å². The molecule has 0 bridgehead atoms. The zero-order valence-electron chi connectivity index (χ0n) is 9.40. The average Bonchev–Trinajstić information content (AvgIpc) is 2.34. The summed E-state index contributed by atoms with van der Waals surface area (Å²) in [5.41, 5.74) is 6.12. The third kappa shape index (κ3) is 3.09. The summed E-state index contributed by atoms with van der Waals surface area (Å²) in [7, 11) is -1.22. The van der Waals surface area contributed by atoms with Gasteiger partial charge in [0.25, 0.3) is 0 Å². The summed E-state index contributed by atoms with van der Waals surface area (Å²) in [6.45, 7) is 0. The first-order valence-corrected chi connectivity index (χ1v) is 6.94. The van der Waals surface area contributed by atoms with Crippen molar-refractivity contribution in [1.29, 1.82) is 0 Å². The first-order valence-electron chi connectivity index (χ1n) is 5.24. The first-order chi connectivity index (χ1) is 8.56. The highest BCUT2D eigenvalue weighted by Crippen LogP contribution is 2.18. The maximum absolute atomic E-state index is 13.2. The molecule has 18 heavy (non-hydrogen) atoms. The molecule has 2 rings (SSSR count). The van der Waals surface area contributed by atoms with Crippen LogP contribution in [0, 0.1) is 5.82 Å². The molecule has 0 saturated heterocycles. The predicted molar refractivity (Wildman–Crippen MR) is 72.4 cm³/mol. The van der Waals surface area contributed by atoms with Crippen LogP contribution in [0.4, 0.5) is 10.1 Å². The molecule has 0 aliphatic carbocycles. The molecule has 0 fully saturated rings. The summed E-state index contributed by atoms with van der Waals surface area (Å²) in [5, 5.41) is 0.592. The molecule has 1 atom stereocenters. The molecular formula is C13H11ClFNOS. The molecule has 0 heterocycles. The molecular weight excluding hydrogens is 273 g/mol. The molecule has 5 heteroatoms. The summed E-state index contributed by atoms with van der Waals surface area (Å²) in [4.78, 5) is 0.664. The highest BCUT2D eigenvalue weighted by molar-refractivity contribution is 7.84. The van der Waals surface area contributed by atoms with Crippen LogP contribution in [0.3, 0.4) is 0 Å². The van der Waals surface area contributed by atoms with E-state index in [2.05, 4.69) is 0 Å². The maximum Gasteiger partial charge on any atom is 0.146 e. The van der Waals surface area contributed by atoms with Gasteiger partial charge in [0.05, 0.1) is 22.2 Å². The van der Waals surface area contributed by atoms with Crippen LogP contribution >= 0.6 is 11.6 Å². The van der Waals surface area contributed by atoms with Gasteiger partial charge in [0, 0.05) is 9.92 Å². The number of rotatable bonds is 3. The summed E-state index contributed by atoms with van der Waals surface area (Å²) < 4.78 is 25.3. The van der Waals surface area contributed by atoms with E-state index in [0.29, 0.717) is 15.5 Å². The lowest BCUT2D eigenvalue weighted by molar-refractivity contribution is 0.631. The fourth-order valence-electron chi connectivity index (χ4n) is 1.48. The molecule has 0 amide bonds. The summed E-state index contributed by atoms with van der Waals surface area (Å²) in [6, 6.07) is 11.2. The lowest BCUT2D eigenvalue weighted by Crippen LogP contribution is -1.98. The van der Waals surface area contributed by atoms with Gasteiger partial charge in [-0.15, -0.1) is 0 Å². The second-order valence-corrected chi connectivity index (χ2v) is 5.69. The van der Waals surface area contributed by atoms with Crippen LogP contribution in [-0.2, 0) is 16.6 Å². The molecule has 0 radical (unpaired) electrons. The van der Waals surface area contributed by atoms with Crippen molar-refractivity contribution in [2.45, 2.75) is 10.6 Å². The minimum atomic E-state index is -1.22. The highest BCUT2D eigenvalue weighted by atomic mass is 35.5. The van der Waals surface area contributed by atoms with E-state index in [0.717, 1.165) is 0 Å². The van der Waals surface area contributed by atoms with Crippen LogP contribution in [-0.4, -0.2) is 4.21 Å². The summed E-state index contributed by atoms with van der Waals surface area (Å²) >= 11 is 5.75. The smallest absolute Gasteiger partial charge is 0.146 e. The second-order valence-electron chi connectivity index (χ2n) is 3.80. The average molecular weight is 284 g/mol. The van der Waals surface area contributed by atoms with Gasteiger partial charge in [0.2, 0.25) is 0 Å². The lowest BCUT2D eigenvalue weighted by Gasteiger charge is -2.04. The van der Waals surface area contributed by atoms with Crippen molar-refractivity contribution in [3.63, 3.8) is 0 Å². The van der Waals surface area contributed by atoms with Crippen LogP contribution in [0.25, 0.3) is 0 Å². The zero-order valence-corrected chi connectivity index (χ0v) is 11.0. The number of halogens is 2. The van der Waals surface area contributed by atoms with Crippen molar-refractivity contribution in [2.24, 2.45) is 0 Å². The maximum atomic E-state index is 13.2. The van der Waals surface area contributed by atoms with E-state index in [1.807, 2.05) is 0 Å². The van der Waals surface area contributed by atoms with Gasteiger partial charge in [0.15, 0.2) is 0 Å². The van der Waals surface area contributed by atoms with Gasteiger partial charge in [-0.25, -0.2) is 4.39 Å². The second kappa shape index (κ2) is 5.50. The first kappa shape index (κ1) is 13.1. The van der Waals surface area contributed by atoms with Gasteiger partial charge >= 0.3 is 0 Å². The third-order valence-corrected chi connectivity index (χ3v) is 4.08. The lowest BCUT2D eigenvalue weighted by atomic mass is 10.2. The Labute approximate surface area is 112 Å². The fourth-order valence-corrected chi connectivity index (χ4v) is 2.70. The van der Waals surface area contributed by atoms with E-state index in [4.69, 9.17) is 17.3 Å². The van der Waals surface area contributed by atoms with Crippen molar-refractivity contribution in [3.05, 3.63) is 58.9 Å². The van der Waals surface area contributed by atoms with Crippen LogP contribution in [0.5, 0.6) is 0 Å². The number of hydrogen-bond donors (Lipinski definition) is 1. The minimum absolute atomic E-state index is 0.0935. The van der Waals surface area contributed by atoms with Gasteiger partial charge < -0.3 is 5.73 Å². The molecule has 94 valence electrons. The van der Waals surface area contributed by atoms with E-state index >= 15 is 0 Å². The molecule has 0 aliphatic heterocycles. The molecule has 0 saturated carbocycles. The van der Waals surface area contributed by atoms with Crippen molar-refractivity contribution in [2.75, 3.05) is 5.73 Å². The van der Waals surface area contributed by atoms with Crippen LogP contribution in [0.2, 0.25) is 5.02 Å². The molecule has 1 unspecified atom stereocenters. The van der Waals surface area contributed by atoms with E-state index in [1.54, 1.807) is 30.3 Å². The Balaban J connectivity index is 2.16. The Morgan fingerprint density at radius 2 is 1.83 bits per heavy atom. The number of nitrogen functional groups attached to an aromatic ring is 1. The molecule has 0 aromatic heterocycles. The minimum Gasteiger partial charge on any atom is -0.396 e. The largest absolute Gasteiger partial charge is 0.396 e. The Morgan fingerprint density at radius 3 is 2.44 bits per heavy atom. The molecule has 2 nitrogen and oxygen atoms in total. The van der Waals surface area contributed by atoms with Gasteiger partial charge in [-0.3, -0.25) is 4.21 Å². The molecule has 0 spiro atoms. The van der Waals surface area contributed by atoms with Gasteiger partial charge in [-0.2, -0.15) is 0 Å². The summed E-state index contributed by atoms with van der Waals surface area (Å²) in [6.07, 6.45) is 0. The Hall–Kier alpha value is -1.39. The van der Waals surface area contributed by atoms with Crippen molar-refractivity contribution in [3.8, 4) is 0 Å². The molecule has 2 aromatic rings. The van der Waals surface area contributed by atoms with Crippen LogP contribution in [0.1, 0.15) is 5.56 Å². The van der Waals surface area contributed by atoms with Gasteiger partial charge in [0.1, 0.15) is 5.82 Å². The van der Waals surface area contributed by atoms with E-state index in [-0.39, 0.29) is 11.4 Å². The summed E-state index contributed by atoms with van der Waals surface area (Å²) in [5.74, 6) is -0.237. The van der Waals surface area contributed by atoms with Gasteiger partial charge in [-0.05, 0) is 42.0 Å². The van der Waals surface area contributed by atoms with Crippen molar-refractivity contribution >= 4 is 28.1 Å². The molecule has 2 aromatic carbocycles. The van der Waals surface area contributed by atoms with Crippen LogP contribution < -0.4 is 5.73 Å². The SMILES string of the molecule is Nc1ccc(CS(=O)c2ccc(Cl)cc2)cc1F. The number of hydrogen-bond acceptors (Lipinski definition) is 2. The monoisotopic (exact) mass is 283 g/mol. The number of anilines is 1. The van der Waals surface area contributed by atoms with E-state index in [9.17, 15) is 8.60 Å². The van der Waals surface area contributed by atoms with Crippen molar-refractivity contribution < 1.29 is 8.60 Å². The third-order valence-electron chi connectivity index (χ3n) is 2.44. The van der Waals surface area contributed by atoms with Crippen LogP contribution in [0.15, 0.2) is 47.4 Å². The highest BCUT2D eigenvalue weighted by Gasteiger charge is 2.07. The Kier molecular flexibility index (Phi) is 3.99. The van der Waals surface area contributed by atoms with E-state index < -0.39 is 16.6 Å². The Morgan fingerprint density at radius 1 is 1.17 bits per heavy atom. The topological polar surface area (TPSA) is 43.1 Å².